The van der Waals surface area contributed by atoms with Crippen molar-refractivity contribution in [1.29, 1.82) is 0 Å². The molecule has 0 saturated heterocycles. The molecule has 0 saturated carbocycles. The summed E-state index contributed by atoms with van der Waals surface area (Å²) in [5.74, 6) is -0.0914. The van der Waals surface area contributed by atoms with Crippen molar-refractivity contribution in [2.24, 2.45) is 5.92 Å². The van der Waals surface area contributed by atoms with Gasteiger partial charge < -0.3 is 25.0 Å². The summed E-state index contributed by atoms with van der Waals surface area (Å²) in [4.78, 5) is 24.3. The number of unbranched alkanes of at least 4 members (excludes halogenated alkanes) is 25. The fourth-order valence-electron chi connectivity index (χ4n) is 7.37. The number of hydrogen-bond donors (Lipinski definition) is 3. The van der Waals surface area contributed by atoms with Crippen LogP contribution in [0.1, 0.15) is 239 Å². The molecule has 0 heterocycles. The van der Waals surface area contributed by atoms with Crippen LogP contribution in [0, 0.1) is 5.92 Å². The van der Waals surface area contributed by atoms with E-state index in [2.05, 4.69) is 43.5 Å². The Balaban J connectivity index is 3.81. The van der Waals surface area contributed by atoms with Gasteiger partial charge in [-0.05, 0) is 109 Å². The van der Waals surface area contributed by atoms with E-state index < -0.39 is 6.10 Å². The second kappa shape index (κ2) is 47.0. The molecule has 57 heavy (non-hydrogen) atoms. The highest BCUT2D eigenvalue weighted by Crippen LogP contribution is 2.19. The molecule has 0 rings (SSSR count). The Hall–Kier alpha value is -1.70. The molecule has 0 aliphatic heterocycles. The number of rotatable bonds is 46. The first-order valence-electron chi connectivity index (χ1n) is 24.7. The van der Waals surface area contributed by atoms with Gasteiger partial charge in [-0.3, -0.25) is 9.59 Å². The second-order valence-electron chi connectivity index (χ2n) is 16.7. The van der Waals surface area contributed by atoms with Crippen LogP contribution in [0.15, 0.2) is 24.3 Å². The van der Waals surface area contributed by atoms with E-state index in [1.165, 1.54) is 141 Å². The lowest BCUT2D eigenvalue weighted by Gasteiger charge is -2.23. The van der Waals surface area contributed by atoms with Gasteiger partial charge in [0.1, 0.15) is 0 Å². The number of aliphatic hydroxyl groups excluding tert-OH is 2. The average molecular weight is 806 g/mol. The smallest absolute Gasteiger partial charge is 0.305 e. The Kier molecular flexibility index (Phi) is 45.6. The predicted molar refractivity (Wildman–Crippen MR) is 243 cm³/mol. The average Bonchev–Trinajstić information content (AvgIpc) is 3.21. The third kappa shape index (κ3) is 43.7. The Morgan fingerprint density at radius 2 is 0.860 bits per heavy atom. The molecular weight excluding hydrogens is 711 g/mol. The standard InChI is InChI=1S/C50H95NO6/c1-3-5-7-9-11-13-15-17-19-21-23-25-27-29-33-40-49(54)56-44-36-31-32-39-48(53)47(46-51-42-43-52)38-35-37-45-57-50(55)41-34-30-28-26-24-22-20-18-16-14-12-10-8-6-4-2/h17-20,47-48,51-53H,3-16,21-46H2,1-2H3/b19-17-,20-18-. The van der Waals surface area contributed by atoms with E-state index >= 15 is 0 Å². The summed E-state index contributed by atoms with van der Waals surface area (Å²) in [7, 11) is 0. The molecule has 3 N–H and O–H groups in total. The summed E-state index contributed by atoms with van der Waals surface area (Å²) in [6, 6.07) is 0. The minimum absolute atomic E-state index is 0.0748. The number of nitrogens with one attached hydrogen (secondary N) is 1. The summed E-state index contributed by atoms with van der Waals surface area (Å²) in [6.45, 7) is 6.67. The largest absolute Gasteiger partial charge is 0.466 e. The molecule has 7 nitrogen and oxygen atoms in total. The number of carbonyl (C=O) groups excluding carboxylic acids is 2. The minimum Gasteiger partial charge on any atom is -0.466 e. The highest BCUT2D eigenvalue weighted by atomic mass is 16.5. The van der Waals surface area contributed by atoms with Crippen LogP contribution in [0.5, 0.6) is 0 Å². The molecule has 0 amide bonds. The van der Waals surface area contributed by atoms with Crippen molar-refractivity contribution < 1.29 is 29.3 Å². The molecule has 0 aromatic carbocycles. The van der Waals surface area contributed by atoms with Gasteiger partial charge in [0.25, 0.3) is 0 Å². The third-order valence-electron chi connectivity index (χ3n) is 11.2. The van der Waals surface area contributed by atoms with Gasteiger partial charge in [-0.2, -0.15) is 0 Å². The zero-order chi connectivity index (χ0) is 41.5. The molecule has 7 heteroatoms. The van der Waals surface area contributed by atoms with Crippen molar-refractivity contribution in [2.45, 2.75) is 245 Å². The van der Waals surface area contributed by atoms with E-state index in [0.29, 0.717) is 45.6 Å². The maximum atomic E-state index is 12.2. The summed E-state index contributed by atoms with van der Waals surface area (Å²) in [6.07, 6.45) is 48.2. The van der Waals surface area contributed by atoms with Gasteiger partial charge in [-0.1, -0.05) is 147 Å². The van der Waals surface area contributed by atoms with Crippen molar-refractivity contribution in [3.63, 3.8) is 0 Å². The van der Waals surface area contributed by atoms with Gasteiger partial charge >= 0.3 is 11.9 Å². The molecule has 0 aliphatic rings. The van der Waals surface area contributed by atoms with Gasteiger partial charge in [0.15, 0.2) is 0 Å². The van der Waals surface area contributed by atoms with Crippen LogP contribution in [0.25, 0.3) is 0 Å². The van der Waals surface area contributed by atoms with Crippen molar-refractivity contribution in [2.75, 3.05) is 32.9 Å². The third-order valence-corrected chi connectivity index (χ3v) is 11.2. The monoisotopic (exact) mass is 806 g/mol. The summed E-state index contributed by atoms with van der Waals surface area (Å²) in [5.41, 5.74) is 0. The van der Waals surface area contributed by atoms with Crippen LogP contribution in [-0.2, 0) is 19.1 Å². The number of carbonyl (C=O) groups is 2. The first-order valence-corrected chi connectivity index (χ1v) is 24.7. The lowest BCUT2D eigenvalue weighted by Crippen LogP contribution is -2.33. The Labute approximate surface area is 353 Å². The van der Waals surface area contributed by atoms with Crippen molar-refractivity contribution in [3.8, 4) is 0 Å². The lowest BCUT2D eigenvalue weighted by atomic mass is 9.92. The molecule has 0 aromatic heterocycles. The molecular formula is C50H95NO6. The van der Waals surface area contributed by atoms with Gasteiger partial charge in [0.2, 0.25) is 0 Å². The number of ether oxygens (including phenoxy) is 2. The molecule has 2 unspecified atom stereocenters. The topological polar surface area (TPSA) is 105 Å². The lowest BCUT2D eigenvalue weighted by molar-refractivity contribution is -0.144. The molecule has 2 atom stereocenters. The normalized spacial score (nSPS) is 12.8. The number of aliphatic hydroxyl groups is 2. The summed E-state index contributed by atoms with van der Waals surface area (Å²) in [5, 5.41) is 23.4. The van der Waals surface area contributed by atoms with Crippen LogP contribution in [0.2, 0.25) is 0 Å². The minimum atomic E-state index is -0.427. The molecule has 0 aliphatic carbocycles. The molecule has 0 fully saturated rings. The van der Waals surface area contributed by atoms with Crippen LogP contribution >= 0.6 is 0 Å². The number of allylic oxidation sites excluding steroid dienone is 4. The van der Waals surface area contributed by atoms with E-state index in [4.69, 9.17) is 9.47 Å². The zero-order valence-corrected chi connectivity index (χ0v) is 37.8. The fraction of sp³-hybridized carbons (Fsp3) is 0.880. The molecule has 0 spiro atoms. The van der Waals surface area contributed by atoms with E-state index in [0.717, 1.165) is 64.2 Å². The maximum absolute atomic E-state index is 12.2. The quantitative estimate of drug-likeness (QED) is 0.0320. The zero-order valence-electron chi connectivity index (χ0n) is 37.8. The Morgan fingerprint density at radius 1 is 0.491 bits per heavy atom. The predicted octanol–water partition coefficient (Wildman–Crippen LogP) is 13.4. The first kappa shape index (κ1) is 55.3. The Bertz CT molecular complexity index is 892. The van der Waals surface area contributed by atoms with Crippen molar-refractivity contribution in [3.05, 3.63) is 24.3 Å². The van der Waals surface area contributed by atoms with E-state index in [1.54, 1.807) is 0 Å². The van der Waals surface area contributed by atoms with E-state index in [1.807, 2.05) is 0 Å². The van der Waals surface area contributed by atoms with Gasteiger partial charge in [0.05, 0.1) is 25.9 Å². The molecule has 0 aromatic rings. The molecule has 336 valence electrons. The Morgan fingerprint density at radius 3 is 1.30 bits per heavy atom. The van der Waals surface area contributed by atoms with Crippen molar-refractivity contribution in [1.82, 2.24) is 5.32 Å². The summed E-state index contributed by atoms with van der Waals surface area (Å²) < 4.78 is 11.0. The highest BCUT2D eigenvalue weighted by molar-refractivity contribution is 5.69. The van der Waals surface area contributed by atoms with Crippen molar-refractivity contribution >= 4 is 11.9 Å². The molecule has 0 radical (unpaired) electrons. The van der Waals surface area contributed by atoms with Gasteiger partial charge in [0, 0.05) is 25.9 Å². The summed E-state index contributed by atoms with van der Waals surface area (Å²) >= 11 is 0. The van der Waals surface area contributed by atoms with Gasteiger partial charge in [-0.25, -0.2) is 0 Å². The second-order valence-corrected chi connectivity index (χ2v) is 16.7. The highest BCUT2D eigenvalue weighted by Gasteiger charge is 2.18. The fourth-order valence-corrected chi connectivity index (χ4v) is 7.37. The number of esters is 2. The van der Waals surface area contributed by atoms with Crippen LogP contribution in [0.3, 0.4) is 0 Å². The van der Waals surface area contributed by atoms with Crippen LogP contribution in [-0.4, -0.2) is 61.2 Å². The van der Waals surface area contributed by atoms with Gasteiger partial charge in [-0.15, -0.1) is 0 Å². The SMILES string of the molecule is CCCCCCCC/C=C\CCCCCCCC(=O)OCCCCCC(O)C(CCCCOC(=O)CCCCCCC/C=C\CCCCCCCC)CNCCO. The maximum Gasteiger partial charge on any atom is 0.305 e. The number of hydrogen-bond acceptors (Lipinski definition) is 7. The first-order chi connectivity index (χ1) is 28.0. The van der Waals surface area contributed by atoms with Crippen LogP contribution < -0.4 is 5.32 Å². The van der Waals surface area contributed by atoms with E-state index in [9.17, 15) is 19.8 Å². The molecule has 0 bridgehead atoms. The van der Waals surface area contributed by atoms with E-state index in [-0.39, 0.29) is 24.5 Å². The van der Waals surface area contributed by atoms with Crippen LogP contribution in [0.4, 0.5) is 0 Å².